The lowest BCUT2D eigenvalue weighted by Crippen LogP contribution is -2.29. The number of aromatic nitrogens is 5. The first kappa shape index (κ1) is 12.8. The molecule has 0 saturated carbocycles. The van der Waals surface area contributed by atoms with Crippen LogP contribution in [0.25, 0.3) is 22.6 Å². The van der Waals surface area contributed by atoms with Gasteiger partial charge in [0.25, 0.3) is 0 Å². The second kappa shape index (κ2) is 5.13. The highest BCUT2D eigenvalue weighted by atomic mass is 35.5. The monoisotopic (exact) mass is 302 g/mol. The summed E-state index contributed by atoms with van der Waals surface area (Å²) in [6, 6.07) is 6.02. The fourth-order valence-corrected chi connectivity index (χ4v) is 2.91. The van der Waals surface area contributed by atoms with E-state index in [0.717, 1.165) is 48.5 Å². The number of hydrogen-bond donors (Lipinski definition) is 2. The number of H-pyrrole nitrogens is 1. The molecular formula is C14H15ClN6. The van der Waals surface area contributed by atoms with Crippen molar-refractivity contribution in [3.63, 3.8) is 0 Å². The fraction of sp³-hybridized carbons (Fsp3) is 0.357. The van der Waals surface area contributed by atoms with E-state index >= 15 is 0 Å². The third-order valence-electron chi connectivity index (χ3n) is 3.88. The SMILES string of the molecule is Clc1ccc2nc(-c3cn(C4CCNCC4)nn3)[nH]c2c1. The molecule has 0 radical (unpaired) electrons. The summed E-state index contributed by atoms with van der Waals surface area (Å²) in [5.74, 6) is 0.729. The minimum absolute atomic E-state index is 0.423. The van der Waals surface area contributed by atoms with Gasteiger partial charge in [-0.05, 0) is 44.1 Å². The Morgan fingerprint density at radius 3 is 2.95 bits per heavy atom. The number of halogens is 1. The van der Waals surface area contributed by atoms with Crippen molar-refractivity contribution in [2.45, 2.75) is 18.9 Å². The molecule has 21 heavy (non-hydrogen) atoms. The summed E-state index contributed by atoms with van der Waals surface area (Å²) in [7, 11) is 0. The number of fused-ring (bicyclic) bond motifs is 1. The van der Waals surface area contributed by atoms with Gasteiger partial charge in [-0.15, -0.1) is 5.10 Å². The highest BCUT2D eigenvalue weighted by Gasteiger charge is 2.17. The summed E-state index contributed by atoms with van der Waals surface area (Å²) in [6.45, 7) is 2.06. The molecule has 1 aliphatic rings. The van der Waals surface area contributed by atoms with Crippen molar-refractivity contribution in [2.75, 3.05) is 13.1 Å². The van der Waals surface area contributed by atoms with Crippen molar-refractivity contribution in [1.82, 2.24) is 30.3 Å². The van der Waals surface area contributed by atoms with Gasteiger partial charge in [0.1, 0.15) is 5.69 Å². The van der Waals surface area contributed by atoms with Crippen LogP contribution in [-0.2, 0) is 0 Å². The van der Waals surface area contributed by atoms with Gasteiger partial charge in [0.05, 0.1) is 23.3 Å². The van der Waals surface area contributed by atoms with Gasteiger partial charge in [0.15, 0.2) is 5.82 Å². The maximum absolute atomic E-state index is 5.99. The Morgan fingerprint density at radius 1 is 1.24 bits per heavy atom. The van der Waals surface area contributed by atoms with Crippen LogP contribution in [-0.4, -0.2) is 38.1 Å². The van der Waals surface area contributed by atoms with E-state index < -0.39 is 0 Å². The standard InChI is InChI=1S/C14H15ClN6/c15-9-1-2-11-12(7-9)18-14(17-11)13-8-21(20-19-13)10-3-5-16-6-4-10/h1-2,7-8,10,16H,3-6H2,(H,17,18). The minimum atomic E-state index is 0.423. The van der Waals surface area contributed by atoms with Crippen molar-refractivity contribution < 1.29 is 0 Å². The molecule has 6 nitrogen and oxygen atoms in total. The molecule has 0 atom stereocenters. The van der Waals surface area contributed by atoms with Gasteiger partial charge in [0, 0.05) is 5.02 Å². The maximum Gasteiger partial charge on any atom is 0.160 e. The van der Waals surface area contributed by atoms with Crippen LogP contribution in [0.5, 0.6) is 0 Å². The van der Waals surface area contributed by atoms with Crippen molar-refractivity contribution >= 4 is 22.6 Å². The normalized spacial score (nSPS) is 16.6. The third-order valence-corrected chi connectivity index (χ3v) is 4.11. The van der Waals surface area contributed by atoms with Crippen LogP contribution in [0.1, 0.15) is 18.9 Å². The lowest BCUT2D eigenvalue weighted by Gasteiger charge is -2.21. The van der Waals surface area contributed by atoms with Gasteiger partial charge in [-0.1, -0.05) is 16.8 Å². The summed E-state index contributed by atoms with van der Waals surface area (Å²) >= 11 is 5.99. The number of nitrogens with one attached hydrogen (secondary N) is 2. The molecule has 1 saturated heterocycles. The second-order valence-corrected chi connectivity index (χ2v) is 5.75. The Labute approximate surface area is 126 Å². The summed E-state index contributed by atoms with van der Waals surface area (Å²) in [4.78, 5) is 7.79. The second-order valence-electron chi connectivity index (χ2n) is 5.31. The van der Waals surface area contributed by atoms with Gasteiger partial charge in [0.2, 0.25) is 0 Å². The maximum atomic E-state index is 5.99. The van der Waals surface area contributed by atoms with Crippen LogP contribution in [0.15, 0.2) is 24.4 Å². The molecule has 0 bridgehead atoms. The molecule has 2 N–H and O–H groups in total. The molecule has 0 aliphatic carbocycles. The molecule has 3 aromatic rings. The lowest BCUT2D eigenvalue weighted by molar-refractivity contribution is 0.337. The van der Waals surface area contributed by atoms with E-state index in [2.05, 4.69) is 25.6 Å². The van der Waals surface area contributed by atoms with E-state index in [9.17, 15) is 0 Å². The first-order chi connectivity index (χ1) is 10.3. The van der Waals surface area contributed by atoms with Crippen molar-refractivity contribution in [1.29, 1.82) is 0 Å². The van der Waals surface area contributed by atoms with Gasteiger partial charge in [-0.3, -0.25) is 0 Å². The van der Waals surface area contributed by atoms with Crippen molar-refractivity contribution in [3.05, 3.63) is 29.4 Å². The average molecular weight is 303 g/mol. The summed E-state index contributed by atoms with van der Waals surface area (Å²) in [5, 5.41) is 12.5. The van der Waals surface area contributed by atoms with E-state index in [0.29, 0.717) is 11.1 Å². The quantitative estimate of drug-likeness (QED) is 0.762. The molecular weight excluding hydrogens is 288 g/mol. The van der Waals surface area contributed by atoms with E-state index in [-0.39, 0.29) is 0 Å². The zero-order chi connectivity index (χ0) is 14.2. The molecule has 108 valence electrons. The predicted octanol–water partition coefficient (Wildman–Crippen LogP) is 2.40. The Kier molecular flexibility index (Phi) is 3.12. The minimum Gasteiger partial charge on any atom is -0.336 e. The van der Waals surface area contributed by atoms with Gasteiger partial charge < -0.3 is 10.3 Å². The number of nitrogens with zero attached hydrogens (tertiary/aromatic N) is 4. The lowest BCUT2D eigenvalue weighted by atomic mass is 10.1. The molecule has 3 heterocycles. The number of hydrogen-bond acceptors (Lipinski definition) is 4. The van der Waals surface area contributed by atoms with Crippen LogP contribution >= 0.6 is 11.6 Å². The molecule has 2 aromatic heterocycles. The third kappa shape index (κ3) is 2.41. The number of rotatable bonds is 2. The van der Waals surface area contributed by atoms with Crippen LogP contribution in [0.4, 0.5) is 0 Å². The van der Waals surface area contributed by atoms with Gasteiger partial charge >= 0.3 is 0 Å². The van der Waals surface area contributed by atoms with Crippen LogP contribution in [0.3, 0.4) is 0 Å². The zero-order valence-electron chi connectivity index (χ0n) is 11.4. The first-order valence-corrected chi connectivity index (χ1v) is 7.45. The Balaban J connectivity index is 1.67. The van der Waals surface area contributed by atoms with Crippen molar-refractivity contribution in [3.8, 4) is 11.5 Å². The summed E-state index contributed by atoms with van der Waals surface area (Å²) in [6.07, 6.45) is 4.13. The average Bonchev–Trinajstić information content (AvgIpc) is 3.14. The Bertz CT molecular complexity index is 771. The molecule has 0 unspecified atom stereocenters. The summed E-state index contributed by atoms with van der Waals surface area (Å²) in [5.41, 5.74) is 2.56. The van der Waals surface area contributed by atoms with E-state index in [1.165, 1.54) is 0 Å². The fourth-order valence-electron chi connectivity index (χ4n) is 2.74. The van der Waals surface area contributed by atoms with Crippen LogP contribution in [0.2, 0.25) is 5.02 Å². The van der Waals surface area contributed by atoms with Crippen LogP contribution < -0.4 is 5.32 Å². The van der Waals surface area contributed by atoms with Crippen LogP contribution in [0, 0.1) is 0 Å². The molecule has 0 spiro atoms. The largest absolute Gasteiger partial charge is 0.336 e. The number of benzene rings is 1. The highest BCUT2D eigenvalue weighted by molar-refractivity contribution is 6.31. The number of piperidine rings is 1. The molecule has 1 aliphatic heterocycles. The molecule has 7 heteroatoms. The molecule has 0 amide bonds. The molecule has 4 rings (SSSR count). The van der Waals surface area contributed by atoms with Gasteiger partial charge in [-0.2, -0.15) is 0 Å². The first-order valence-electron chi connectivity index (χ1n) is 7.08. The van der Waals surface area contributed by atoms with E-state index in [1.54, 1.807) is 0 Å². The topological polar surface area (TPSA) is 71.4 Å². The Morgan fingerprint density at radius 2 is 2.10 bits per heavy atom. The number of aromatic amines is 1. The van der Waals surface area contributed by atoms with E-state index in [1.807, 2.05) is 29.1 Å². The summed E-state index contributed by atoms with van der Waals surface area (Å²) < 4.78 is 1.95. The predicted molar refractivity (Wildman–Crippen MR) is 81.3 cm³/mol. The number of imidazole rings is 1. The zero-order valence-corrected chi connectivity index (χ0v) is 12.1. The van der Waals surface area contributed by atoms with Crippen molar-refractivity contribution in [2.24, 2.45) is 0 Å². The molecule has 1 fully saturated rings. The van der Waals surface area contributed by atoms with E-state index in [4.69, 9.17) is 11.6 Å². The smallest absolute Gasteiger partial charge is 0.160 e. The van der Waals surface area contributed by atoms with Gasteiger partial charge in [-0.25, -0.2) is 9.67 Å². The Hall–Kier alpha value is -1.92. The highest BCUT2D eigenvalue weighted by Crippen LogP contribution is 2.23. The molecule has 1 aromatic carbocycles.